The van der Waals surface area contributed by atoms with Crippen molar-refractivity contribution in [2.75, 3.05) is 63.9 Å². The molecular formula is C75H87N3O10. The van der Waals surface area contributed by atoms with Gasteiger partial charge in [-0.15, -0.1) is 0 Å². The number of hydrogen-bond donors (Lipinski definition) is 4. The van der Waals surface area contributed by atoms with E-state index in [0.717, 1.165) is 158 Å². The Hall–Kier alpha value is -8.36. The van der Waals surface area contributed by atoms with Gasteiger partial charge in [0.05, 0.1) is 65.9 Å². The van der Waals surface area contributed by atoms with E-state index in [2.05, 4.69) is 134 Å². The Kier molecular flexibility index (Phi) is 18.1. The summed E-state index contributed by atoms with van der Waals surface area (Å²) in [7, 11) is 15.9. The minimum absolute atomic E-state index is 0.123. The number of nitrogens with one attached hydrogen (secondary N) is 1. The number of aryl methyl sites for hydroxylation is 3. The van der Waals surface area contributed by atoms with Crippen molar-refractivity contribution in [1.29, 1.82) is 0 Å². The van der Waals surface area contributed by atoms with E-state index >= 15 is 0 Å². The van der Waals surface area contributed by atoms with Crippen LogP contribution in [0.2, 0.25) is 0 Å². The SMILES string of the molecule is COc1cc(O)c(-c2c(C)cc(OC)c3c(OC)cccc23)c2c1[C@H](C)NC(C)C2.COc1cccc2c(-c3ccc4c(c3O)C(C)N(C)[C@H](C)C4)c(C)cc(OC)c12.COc1cccc2c(-c3ccc4c(c3O)C(C)N(C)[C@H](C)C4)c(C)cc(OC)c12. The number of ether oxygens (including phenoxy) is 7. The second kappa shape index (κ2) is 25.4. The second-order valence-electron chi connectivity index (χ2n) is 24.2. The fourth-order valence-electron chi connectivity index (χ4n) is 14.5. The molecule has 0 amide bonds. The summed E-state index contributed by atoms with van der Waals surface area (Å²) in [5.74, 6) is 6.29. The summed E-state index contributed by atoms with van der Waals surface area (Å²) in [5.41, 5.74) is 15.6. The topological polar surface area (TPSA) is 144 Å². The summed E-state index contributed by atoms with van der Waals surface area (Å²) in [6, 6.07) is 35.9. The van der Waals surface area contributed by atoms with Gasteiger partial charge < -0.3 is 53.8 Å². The van der Waals surface area contributed by atoms with Gasteiger partial charge in [0, 0.05) is 75.7 Å². The van der Waals surface area contributed by atoms with Crippen LogP contribution < -0.4 is 38.5 Å². The van der Waals surface area contributed by atoms with Crippen molar-refractivity contribution in [1.82, 2.24) is 15.1 Å². The van der Waals surface area contributed by atoms with E-state index in [4.69, 9.17) is 33.2 Å². The summed E-state index contributed by atoms with van der Waals surface area (Å²) in [6.45, 7) is 19.3. The smallest absolute Gasteiger partial charge is 0.130 e. The van der Waals surface area contributed by atoms with Gasteiger partial charge in [0.25, 0.3) is 0 Å². The van der Waals surface area contributed by atoms with E-state index < -0.39 is 0 Å². The van der Waals surface area contributed by atoms with Crippen LogP contribution >= 0.6 is 0 Å². The van der Waals surface area contributed by atoms with Crippen molar-refractivity contribution in [3.63, 3.8) is 0 Å². The number of rotatable bonds is 10. The van der Waals surface area contributed by atoms with Gasteiger partial charge in [0.1, 0.15) is 57.5 Å². The maximum Gasteiger partial charge on any atom is 0.130 e. The molecule has 0 fully saturated rings. The van der Waals surface area contributed by atoms with Crippen molar-refractivity contribution in [3.8, 4) is 90.9 Å². The molecule has 3 unspecified atom stereocenters. The maximum absolute atomic E-state index is 11.4. The highest BCUT2D eigenvalue weighted by Gasteiger charge is 2.34. The Bertz CT molecular complexity index is 3960. The van der Waals surface area contributed by atoms with Crippen molar-refractivity contribution < 1.29 is 48.5 Å². The molecule has 3 heterocycles. The normalized spacial score (nSPS) is 18.9. The lowest BCUT2D eigenvalue weighted by Gasteiger charge is -2.38. The van der Waals surface area contributed by atoms with Crippen LogP contribution in [0.4, 0.5) is 0 Å². The lowest BCUT2D eigenvalue weighted by Crippen LogP contribution is -2.38. The first-order chi connectivity index (χ1) is 42.2. The van der Waals surface area contributed by atoms with Gasteiger partial charge in [-0.2, -0.15) is 0 Å². The largest absolute Gasteiger partial charge is 0.507 e. The predicted molar refractivity (Wildman–Crippen MR) is 357 cm³/mol. The van der Waals surface area contributed by atoms with Gasteiger partial charge in [-0.3, -0.25) is 9.80 Å². The minimum Gasteiger partial charge on any atom is -0.507 e. The molecule has 0 radical (unpaired) electrons. The molecule has 3 aliphatic heterocycles. The molecule has 0 aromatic heterocycles. The van der Waals surface area contributed by atoms with Crippen molar-refractivity contribution in [2.45, 2.75) is 118 Å². The van der Waals surface area contributed by atoms with E-state index in [1.807, 2.05) is 54.6 Å². The van der Waals surface area contributed by atoms with Gasteiger partial charge in [0.2, 0.25) is 0 Å². The molecule has 0 saturated heterocycles. The third-order valence-corrected chi connectivity index (χ3v) is 19.2. The summed E-state index contributed by atoms with van der Waals surface area (Å²) in [6.07, 6.45) is 2.69. The molecule has 9 aromatic rings. The number of phenolic OH excluding ortho intramolecular Hbond substituents is 3. The Labute approximate surface area is 519 Å². The van der Waals surface area contributed by atoms with E-state index in [1.165, 1.54) is 11.1 Å². The zero-order valence-corrected chi connectivity index (χ0v) is 54.5. The first kappa shape index (κ1) is 62.7. The van der Waals surface area contributed by atoms with Crippen molar-refractivity contribution in [3.05, 3.63) is 153 Å². The molecule has 6 atom stereocenters. The average Bonchev–Trinajstić information content (AvgIpc) is 1.07. The molecule has 0 spiro atoms. The Morgan fingerprint density at radius 3 is 1.15 bits per heavy atom. The third kappa shape index (κ3) is 10.8. The number of methoxy groups -OCH3 is 7. The van der Waals surface area contributed by atoms with Crippen LogP contribution in [0.5, 0.6) is 57.5 Å². The first-order valence-electron chi connectivity index (χ1n) is 30.4. The fraction of sp³-hybridized carbons (Fsp3) is 0.360. The van der Waals surface area contributed by atoms with Crippen LogP contribution in [0.15, 0.2) is 103 Å². The van der Waals surface area contributed by atoms with Crippen LogP contribution in [-0.2, 0) is 19.3 Å². The van der Waals surface area contributed by atoms with Crippen molar-refractivity contribution in [2.24, 2.45) is 0 Å². The quantitative estimate of drug-likeness (QED) is 0.103. The number of aromatic hydroxyl groups is 3. The second-order valence-corrected chi connectivity index (χ2v) is 24.2. The van der Waals surface area contributed by atoms with Gasteiger partial charge in [-0.05, 0) is 198 Å². The number of hydrogen-bond acceptors (Lipinski definition) is 13. The minimum atomic E-state index is 0.123. The molecule has 0 saturated carbocycles. The fourth-order valence-corrected chi connectivity index (χ4v) is 14.5. The van der Waals surface area contributed by atoms with E-state index in [-0.39, 0.29) is 29.9 Å². The molecule has 9 aromatic carbocycles. The van der Waals surface area contributed by atoms with Crippen molar-refractivity contribution >= 4 is 32.3 Å². The van der Waals surface area contributed by atoms with Crippen LogP contribution in [-0.4, -0.2) is 107 Å². The van der Waals surface area contributed by atoms with E-state index in [0.29, 0.717) is 29.3 Å². The third-order valence-electron chi connectivity index (χ3n) is 19.2. The summed E-state index contributed by atoms with van der Waals surface area (Å²) < 4.78 is 39.5. The van der Waals surface area contributed by atoms with Crippen LogP contribution in [0.1, 0.15) is 110 Å². The first-order valence-corrected chi connectivity index (χ1v) is 30.4. The molecule has 0 aliphatic carbocycles. The Balaban J connectivity index is 0.000000146. The number of benzene rings is 9. The van der Waals surface area contributed by atoms with Gasteiger partial charge >= 0.3 is 0 Å². The maximum atomic E-state index is 11.4. The predicted octanol–water partition coefficient (Wildman–Crippen LogP) is 16.1. The molecule has 88 heavy (non-hydrogen) atoms. The molecule has 13 heteroatoms. The lowest BCUT2D eigenvalue weighted by atomic mass is 9.81. The highest BCUT2D eigenvalue weighted by atomic mass is 16.5. The molecular weight excluding hydrogens is 1100 g/mol. The van der Waals surface area contributed by atoms with E-state index in [9.17, 15) is 15.3 Å². The van der Waals surface area contributed by atoms with Crippen LogP contribution in [0.25, 0.3) is 65.7 Å². The van der Waals surface area contributed by atoms with Gasteiger partial charge in [-0.25, -0.2) is 0 Å². The standard InChI is InChI=1S/C25H29NO4.2C25H29NO3/c1-13-10-20(29-5)25-16(8-7-9-19(25)28-4)22(13)24-17-11-14(2)26-15(3)23(17)21(30-6)12-18(24)27;2*1-14-12-21(29-6)24-18(8-7-9-20(24)28-5)22(14)19-11-10-17-13-15(2)26(4)16(3)23(17)25(19)27/h7-10,12,14-15,26-27H,11H2,1-6H3;2*7-12,15-16,27H,13H2,1-6H3/t14?,15-;2*15-,16?/m011/s1. The average molecular weight is 1190 g/mol. The summed E-state index contributed by atoms with van der Waals surface area (Å²) >= 11 is 0. The highest BCUT2D eigenvalue weighted by molar-refractivity contribution is 6.08. The molecule has 4 N–H and O–H groups in total. The van der Waals surface area contributed by atoms with Crippen LogP contribution in [0, 0.1) is 20.8 Å². The summed E-state index contributed by atoms with van der Waals surface area (Å²) in [5, 5.41) is 43.4. The van der Waals surface area contributed by atoms with Gasteiger partial charge in [-0.1, -0.05) is 60.7 Å². The molecule has 3 aliphatic rings. The zero-order chi connectivity index (χ0) is 63.3. The lowest BCUT2D eigenvalue weighted by molar-refractivity contribution is 0.176. The van der Waals surface area contributed by atoms with E-state index in [1.54, 1.807) is 55.8 Å². The van der Waals surface area contributed by atoms with Gasteiger partial charge in [0.15, 0.2) is 0 Å². The number of likely N-dealkylation sites (N-methyl/N-ethyl adjacent to an activating group) is 2. The zero-order valence-electron chi connectivity index (χ0n) is 54.5. The molecule has 13 nitrogen and oxygen atoms in total. The Morgan fingerprint density at radius 1 is 0.409 bits per heavy atom. The monoisotopic (exact) mass is 1190 g/mol. The number of nitrogens with zero attached hydrogens (tertiary/aromatic N) is 2. The molecule has 0 bridgehead atoms. The van der Waals surface area contributed by atoms with Crippen LogP contribution in [0.3, 0.4) is 0 Å². The molecule has 12 rings (SSSR count). The Morgan fingerprint density at radius 2 is 0.773 bits per heavy atom. The summed E-state index contributed by atoms with van der Waals surface area (Å²) in [4.78, 5) is 4.65. The number of fused-ring (bicyclic) bond motifs is 6. The molecule has 462 valence electrons. The highest BCUT2D eigenvalue weighted by Crippen LogP contribution is 2.53. The number of phenols is 3.